The minimum atomic E-state index is 0.389. The zero-order valence-electron chi connectivity index (χ0n) is 9.76. The second kappa shape index (κ2) is 7.34. The molecule has 2 heteroatoms. The van der Waals surface area contributed by atoms with Gasteiger partial charge < -0.3 is 10.1 Å². The number of ether oxygens (including phenoxy) is 1. The van der Waals surface area contributed by atoms with Crippen LogP contribution in [-0.2, 0) is 4.74 Å². The SMILES string of the molecule is CCC(C)OCC(NC)C(C)CC. The second-order valence-electron chi connectivity index (χ2n) is 3.83. The molecule has 80 valence electrons. The first kappa shape index (κ1) is 12.9. The Morgan fingerprint density at radius 3 is 2.15 bits per heavy atom. The smallest absolute Gasteiger partial charge is 0.0625 e. The van der Waals surface area contributed by atoms with Crippen LogP contribution < -0.4 is 5.32 Å². The van der Waals surface area contributed by atoms with Crippen LogP contribution in [0.3, 0.4) is 0 Å². The lowest BCUT2D eigenvalue weighted by Gasteiger charge is -2.24. The maximum atomic E-state index is 5.70. The molecule has 0 aliphatic carbocycles. The van der Waals surface area contributed by atoms with Gasteiger partial charge in [-0.1, -0.05) is 27.2 Å². The van der Waals surface area contributed by atoms with Gasteiger partial charge >= 0.3 is 0 Å². The van der Waals surface area contributed by atoms with E-state index in [1.807, 2.05) is 7.05 Å². The molecule has 0 radical (unpaired) electrons. The third kappa shape index (κ3) is 5.27. The minimum Gasteiger partial charge on any atom is -0.377 e. The number of likely N-dealkylation sites (N-methyl/N-ethyl adjacent to an activating group) is 1. The molecule has 0 bridgehead atoms. The Kier molecular flexibility index (Phi) is 7.29. The molecule has 3 unspecified atom stereocenters. The van der Waals surface area contributed by atoms with Crippen molar-refractivity contribution >= 4 is 0 Å². The summed E-state index contributed by atoms with van der Waals surface area (Å²) in [5, 5.41) is 3.31. The number of nitrogens with one attached hydrogen (secondary N) is 1. The Labute approximate surface area is 83.1 Å². The van der Waals surface area contributed by atoms with Crippen molar-refractivity contribution in [3.8, 4) is 0 Å². The highest BCUT2D eigenvalue weighted by atomic mass is 16.5. The maximum absolute atomic E-state index is 5.70. The molecule has 0 fully saturated rings. The highest BCUT2D eigenvalue weighted by Crippen LogP contribution is 2.09. The standard InChI is InChI=1S/C11H25NO/c1-6-9(3)11(12-5)8-13-10(4)7-2/h9-12H,6-8H2,1-5H3. The molecular weight excluding hydrogens is 162 g/mol. The molecule has 3 atom stereocenters. The van der Waals surface area contributed by atoms with E-state index < -0.39 is 0 Å². The highest BCUT2D eigenvalue weighted by Gasteiger charge is 2.14. The maximum Gasteiger partial charge on any atom is 0.0625 e. The highest BCUT2D eigenvalue weighted by molar-refractivity contribution is 4.70. The molecule has 0 aliphatic rings. The first-order valence-electron chi connectivity index (χ1n) is 5.44. The van der Waals surface area contributed by atoms with Crippen LogP contribution in [0.15, 0.2) is 0 Å². The van der Waals surface area contributed by atoms with Gasteiger partial charge in [-0.05, 0) is 26.3 Å². The lowest BCUT2D eigenvalue weighted by atomic mass is 10.0. The van der Waals surface area contributed by atoms with Crippen LogP contribution in [0.1, 0.15) is 40.5 Å². The van der Waals surface area contributed by atoms with Crippen molar-refractivity contribution in [3.05, 3.63) is 0 Å². The summed E-state index contributed by atoms with van der Waals surface area (Å²) >= 11 is 0. The normalized spacial score (nSPS) is 18.2. The van der Waals surface area contributed by atoms with Crippen molar-refractivity contribution in [1.29, 1.82) is 0 Å². The summed E-state index contributed by atoms with van der Waals surface area (Å²) in [4.78, 5) is 0. The van der Waals surface area contributed by atoms with Crippen LogP contribution in [0.25, 0.3) is 0 Å². The average molecular weight is 187 g/mol. The Balaban J connectivity index is 3.71. The fourth-order valence-electron chi connectivity index (χ4n) is 1.20. The molecule has 0 spiro atoms. The summed E-state index contributed by atoms with van der Waals surface area (Å²) in [5.74, 6) is 0.689. The van der Waals surface area contributed by atoms with E-state index in [1.54, 1.807) is 0 Å². The van der Waals surface area contributed by atoms with Crippen molar-refractivity contribution in [3.63, 3.8) is 0 Å². The summed E-state index contributed by atoms with van der Waals surface area (Å²) in [6, 6.07) is 0.499. The minimum absolute atomic E-state index is 0.389. The van der Waals surface area contributed by atoms with E-state index >= 15 is 0 Å². The van der Waals surface area contributed by atoms with Crippen molar-refractivity contribution in [2.24, 2.45) is 5.92 Å². The number of hydrogen-bond acceptors (Lipinski definition) is 2. The van der Waals surface area contributed by atoms with Crippen LogP contribution in [0.2, 0.25) is 0 Å². The first-order valence-corrected chi connectivity index (χ1v) is 5.44. The molecule has 0 saturated heterocycles. The van der Waals surface area contributed by atoms with Gasteiger partial charge in [0.2, 0.25) is 0 Å². The molecule has 0 aromatic carbocycles. The quantitative estimate of drug-likeness (QED) is 0.661. The monoisotopic (exact) mass is 187 g/mol. The van der Waals surface area contributed by atoms with Crippen LogP contribution in [0.5, 0.6) is 0 Å². The summed E-state index contributed by atoms with van der Waals surface area (Å²) in [6.07, 6.45) is 2.69. The van der Waals surface area contributed by atoms with Gasteiger partial charge in [0, 0.05) is 6.04 Å². The zero-order chi connectivity index (χ0) is 10.3. The van der Waals surface area contributed by atoms with Crippen molar-refractivity contribution in [2.75, 3.05) is 13.7 Å². The molecule has 0 heterocycles. The number of rotatable bonds is 7. The van der Waals surface area contributed by atoms with Gasteiger partial charge in [0.15, 0.2) is 0 Å². The number of hydrogen-bond donors (Lipinski definition) is 1. The Bertz CT molecular complexity index is 117. The topological polar surface area (TPSA) is 21.3 Å². The van der Waals surface area contributed by atoms with E-state index in [9.17, 15) is 0 Å². The van der Waals surface area contributed by atoms with Gasteiger partial charge in [0.05, 0.1) is 12.7 Å². The molecule has 0 amide bonds. The summed E-state index contributed by atoms with van der Waals surface area (Å²) in [7, 11) is 2.01. The van der Waals surface area contributed by atoms with Crippen molar-refractivity contribution in [2.45, 2.75) is 52.7 Å². The first-order chi connectivity index (χ1) is 6.15. The molecule has 0 rings (SSSR count). The van der Waals surface area contributed by atoms with E-state index in [4.69, 9.17) is 4.74 Å². The van der Waals surface area contributed by atoms with Crippen molar-refractivity contribution < 1.29 is 4.74 Å². The molecular formula is C11H25NO. The lowest BCUT2D eigenvalue weighted by Crippen LogP contribution is -2.37. The average Bonchev–Trinajstić information content (AvgIpc) is 2.17. The third-order valence-electron chi connectivity index (χ3n) is 2.84. The van der Waals surface area contributed by atoms with E-state index in [-0.39, 0.29) is 0 Å². The summed E-state index contributed by atoms with van der Waals surface area (Å²) < 4.78 is 5.70. The van der Waals surface area contributed by atoms with Gasteiger partial charge in [-0.15, -0.1) is 0 Å². The fraction of sp³-hybridized carbons (Fsp3) is 1.00. The Morgan fingerprint density at radius 1 is 1.15 bits per heavy atom. The second-order valence-corrected chi connectivity index (χ2v) is 3.83. The Hall–Kier alpha value is -0.0800. The third-order valence-corrected chi connectivity index (χ3v) is 2.84. The van der Waals surface area contributed by atoms with E-state index in [0.29, 0.717) is 18.1 Å². The predicted octanol–water partition coefficient (Wildman–Crippen LogP) is 2.44. The molecule has 0 aromatic rings. The van der Waals surface area contributed by atoms with E-state index in [1.165, 1.54) is 6.42 Å². The van der Waals surface area contributed by atoms with Gasteiger partial charge in [-0.2, -0.15) is 0 Å². The van der Waals surface area contributed by atoms with Crippen molar-refractivity contribution in [1.82, 2.24) is 5.32 Å². The van der Waals surface area contributed by atoms with Gasteiger partial charge in [-0.3, -0.25) is 0 Å². The van der Waals surface area contributed by atoms with Crippen LogP contribution >= 0.6 is 0 Å². The molecule has 0 aromatic heterocycles. The summed E-state index contributed by atoms with van der Waals surface area (Å²) in [6.45, 7) is 9.60. The molecule has 1 N–H and O–H groups in total. The molecule has 0 aliphatic heterocycles. The Morgan fingerprint density at radius 2 is 1.77 bits per heavy atom. The predicted molar refractivity (Wildman–Crippen MR) is 58.0 cm³/mol. The van der Waals surface area contributed by atoms with Gasteiger partial charge in [0.1, 0.15) is 0 Å². The largest absolute Gasteiger partial charge is 0.377 e. The molecule has 0 saturated carbocycles. The van der Waals surface area contributed by atoms with Gasteiger partial charge in [-0.25, -0.2) is 0 Å². The van der Waals surface area contributed by atoms with Crippen LogP contribution in [0, 0.1) is 5.92 Å². The van der Waals surface area contributed by atoms with Gasteiger partial charge in [0.25, 0.3) is 0 Å². The fourth-order valence-corrected chi connectivity index (χ4v) is 1.20. The molecule has 2 nitrogen and oxygen atoms in total. The van der Waals surface area contributed by atoms with Crippen LogP contribution in [0.4, 0.5) is 0 Å². The van der Waals surface area contributed by atoms with E-state index in [0.717, 1.165) is 13.0 Å². The van der Waals surface area contributed by atoms with Crippen LogP contribution in [-0.4, -0.2) is 25.8 Å². The lowest BCUT2D eigenvalue weighted by molar-refractivity contribution is 0.0387. The van der Waals surface area contributed by atoms with E-state index in [2.05, 4.69) is 33.0 Å². The zero-order valence-corrected chi connectivity index (χ0v) is 9.76. The molecule has 13 heavy (non-hydrogen) atoms. The summed E-state index contributed by atoms with van der Waals surface area (Å²) in [5.41, 5.74) is 0.